The van der Waals surface area contributed by atoms with Crippen molar-refractivity contribution in [2.45, 2.75) is 45.1 Å². The number of nitrogens with zero attached hydrogens (tertiary/aromatic N) is 1. The quantitative estimate of drug-likeness (QED) is 0.783. The van der Waals surface area contributed by atoms with Gasteiger partial charge in [0, 0.05) is 19.6 Å². The fourth-order valence-corrected chi connectivity index (χ4v) is 4.29. The minimum atomic E-state index is -0.750. The van der Waals surface area contributed by atoms with Crippen LogP contribution in [-0.2, 0) is 10.2 Å². The number of benzene rings is 1. The van der Waals surface area contributed by atoms with E-state index in [-0.39, 0.29) is 29.7 Å². The SMILES string of the molecule is CC(C)(C)c1ccc(C(O)CNC(=O)C2CCCN(C(=O)c3cccs3)C2)cc1. The molecule has 2 heterocycles. The van der Waals surface area contributed by atoms with E-state index >= 15 is 0 Å². The van der Waals surface area contributed by atoms with Gasteiger partial charge in [-0.2, -0.15) is 0 Å². The molecular formula is C23H30N2O3S. The van der Waals surface area contributed by atoms with Gasteiger partial charge in [-0.3, -0.25) is 9.59 Å². The number of carbonyl (C=O) groups excluding carboxylic acids is 2. The molecule has 1 fully saturated rings. The number of piperidine rings is 1. The van der Waals surface area contributed by atoms with Crippen molar-refractivity contribution in [1.29, 1.82) is 0 Å². The van der Waals surface area contributed by atoms with E-state index in [2.05, 4.69) is 26.1 Å². The zero-order chi connectivity index (χ0) is 21.0. The standard InChI is InChI=1S/C23H30N2O3S/c1-23(2,3)18-10-8-16(9-11-18)19(26)14-24-21(27)17-6-4-12-25(15-17)22(28)20-7-5-13-29-20/h5,7-11,13,17,19,26H,4,6,12,14-15H2,1-3H3,(H,24,27). The van der Waals surface area contributed by atoms with Crippen molar-refractivity contribution in [2.24, 2.45) is 5.92 Å². The van der Waals surface area contributed by atoms with E-state index in [0.717, 1.165) is 18.4 Å². The largest absolute Gasteiger partial charge is 0.387 e. The predicted octanol–water partition coefficient (Wildman–Crippen LogP) is 3.75. The van der Waals surface area contributed by atoms with Gasteiger partial charge in [0.2, 0.25) is 5.91 Å². The molecule has 0 spiro atoms. The van der Waals surface area contributed by atoms with Crippen molar-refractivity contribution in [3.05, 3.63) is 57.8 Å². The maximum atomic E-state index is 12.6. The number of aliphatic hydroxyl groups excluding tert-OH is 1. The molecule has 0 aliphatic carbocycles. The van der Waals surface area contributed by atoms with Crippen molar-refractivity contribution in [3.63, 3.8) is 0 Å². The number of carbonyl (C=O) groups is 2. The van der Waals surface area contributed by atoms with E-state index < -0.39 is 6.10 Å². The summed E-state index contributed by atoms with van der Waals surface area (Å²) < 4.78 is 0. The van der Waals surface area contributed by atoms with Gasteiger partial charge in [-0.25, -0.2) is 0 Å². The molecule has 2 atom stereocenters. The van der Waals surface area contributed by atoms with Crippen LogP contribution >= 0.6 is 11.3 Å². The summed E-state index contributed by atoms with van der Waals surface area (Å²) in [7, 11) is 0. The first-order valence-electron chi connectivity index (χ1n) is 10.1. The van der Waals surface area contributed by atoms with E-state index in [1.54, 1.807) is 4.90 Å². The smallest absolute Gasteiger partial charge is 0.263 e. The van der Waals surface area contributed by atoms with Gasteiger partial charge in [-0.05, 0) is 40.8 Å². The first kappa shape index (κ1) is 21.5. The highest BCUT2D eigenvalue weighted by atomic mass is 32.1. The summed E-state index contributed by atoms with van der Waals surface area (Å²) in [5.74, 6) is -0.335. The van der Waals surface area contributed by atoms with Gasteiger partial charge >= 0.3 is 0 Å². The van der Waals surface area contributed by atoms with Crippen LogP contribution in [0.5, 0.6) is 0 Å². The number of aliphatic hydroxyl groups is 1. The topological polar surface area (TPSA) is 69.6 Å². The molecule has 1 aliphatic rings. The molecule has 2 amide bonds. The molecule has 2 unspecified atom stereocenters. The highest BCUT2D eigenvalue weighted by Crippen LogP contribution is 2.24. The molecule has 156 valence electrons. The lowest BCUT2D eigenvalue weighted by Gasteiger charge is -2.32. The van der Waals surface area contributed by atoms with Crippen LogP contribution < -0.4 is 5.32 Å². The summed E-state index contributed by atoms with van der Waals surface area (Å²) in [5.41, 5.74) is 2.05. The van der Waals surface area contributed by atoms with E-state index in [9.17, 15) is 14.7 Å². The van der Waals surface area contributed by atoms with Crippen LogP contribution in [0, 0.1) is 5.92 Å². The summed E-state index contributed by atoms with van der Waals surface area (Å²) in [4.78, 5) is 27.6. The molecule has 0 radical (unpaired) electrons. The van der Waals surface area contributed by atoms with Crippen molar-refractivity contribution in [1.82, 2.24) is 10.2 Å². The zero-order valence-corrected chi connectivity index (χ0v) is 18.2. The summed E-state index contributed by atoms with van der Waals surface area (Å²) in [6.45, 7) is 7.73. The minimum absolute atomic E-state index is 0.00327. The van der Waals surface area contributed by atoms with E-state index in [1.807, 2.05) is 41.8 Å². The second kappa shape index (κ2) is 9.09. The summed E-state index contributed by atoms with van der Waals surface area (Å²) in [6.07, 6.45) is 0.822. The second-order valence-electron chi connectivity index (χ2n) is 8.70. The average Bonchev–Trinajstić information content (AvgIpc) is 3.25. The Morgan fingerprint density at radius 2 is 1.97 bits per heavy atom. The third-order valence-electron chi connectivity index (χ3n) is 5.44. The van der Waals surface area contributed by atoms with Crippen molar-refractivity contribution in [3.8, 4) is 0 Å². The van der Waals surface area contributed by atoms with Crippen molar-refractivity contribution < 1.29 is 14.7 Å². The molecule has 0 saturated carbocycles. The number of nitrogens with one attached hydrogen (secondary N) is 1. The van der Waals surface area contributed by atoms with Gasteiger partial charge in [0.15, 0.2) is 0 Å². The van der Waals surface area contributed by atoms with Gasteiger partial charge in [-0.1, -0.05) is 51.1 Å². The second-order valence-corrected chi connectivity index (χ2v) is 9.65. The van der Waals surface area contributed by atoms with Gasteiger partial charge < -0.3 is 15.3 Å². The van der Waals surface area contributed by atoms with Crippen LogP contribution in [0.2, 0.25) is 0 Å². The molecule has 2 aromatic rings. The Balaban J connectivity index is 1.52. The van der Waals surface area contributed by atoms with Gasteiger partial charge in [-0.15, -0.1) is 11.3 Å². The summed E-state index contributed by atoms with van der Waals surface area (Å²) in [5, 5.41) is 15.2. The summed E-state index contributed by atoms with van der Waals surface area (Å²) in [6, 6.07) is 11.6. The van der Waals surface area contributed by atoms with Crippen LogP contribution in [0.15, 0.2) is 41.8 Å². The number of hydrogen-bond donors (Lipinski definition) is 2. The molecule has 6 heteroatoms. The highest BCUT2D eigenvalue weighted by Gasteiger charge is 2.29. The zero-order valence-electron chi connectivity index (χ0n) is 17.4. The van der Waals surface area contributed by atoms with Crippen LogP contribution in [0.1, 0.15) is 60.5 Å². The fourth-order valence-electron chi connectivity index (χ4n) is 3.60. The highest BCUT2D eigenvalue weighted by molar-refractivity contribution is 7.12. The van der Waals surface area contributed by atoms with E-state index in [1.165, 1.54) is 16.9 Å². The number of likely N-dealkylation sites (tertiary alicyclic amines) is 1. The van der Waals surface area contributed by atoms with Crippen LogP contribution in [0.4, 0.5) is 0 Å². The lowest BCUT2D eigenvalue weighted by molar-refractivity contribution is -0.126. The number of thiophene rings is 1. The third kappa shape index (κ3) is 5.46. The molecule has 29 heavy (non-hydrogen) atoms. The Morgan fingerprint density at radius 3 is 2.59 bits per heavy atom. The normalized spacial score (nSPS) is 18.3. The Bertz CT molecular complexity index is 825. The predicted molar refractivity (Wildman–Crippen MR) is 116 cm³/mol. The number of hydrogen-bond acceptors (Lipinski definition) is 4. The van der Waals surface area contributed by atoms with E-state index in [0.29, 0.717) is 18.0 Å². The molecule has 1 aromatic carbocycles. The van der Waals surface area contributed by atoms with Crippen LogP contribution in [-0.4, -0.2) is 41.5 Å². The van der Waals surface area contributed by atoms with Crippen LogP contribution in [0.25, 0.3) is 0 Å². The minimum Gasteiger partial charge on any atom is -0.387 e. The number of amides is 2. The van der Waals surface area contributed by atoms with Crippen molar-refractivity contribution in [2.75, 3.05) is 19.6 Å². The number of rotatable bonds is 5. The van der Waals surface area contributed by atoms with Gasteiger partial charge in [0.1, 0.15) is 0 Å². The average molecular weight is 415 g/mol. The van der Waals surface area contributed by atoms with E-state index in [4.69, 9.17) is 0 Å². The Labute approximate surface area is 176 Å². The third-order valence-corrected chi connectivity index (χ3v) is 6.30. The Kier molecular flexibility index (Phi) is 6.75. The molecule has 2 N–H and O–H groups in total. The van der Waals surface area contributed by atoms with Gasteiger partial charge in [0.05, 0.1) is 16.9 Å². The molecule has 1 aliphatic heterocycles. The maximum Gasteiger partial charge on any atom is 0.263 e. The Morgan fingerprint density at radius 1 is 1.24 bits per heavy atom. The summed E-state index contributed by atoms with van der Waals surface area (Å²) >= 11 is 1.42. The first-order chi connectivity index (χ1) is 13.8. The van der Waals surface area contributed by atoms with Gasteiger partial charge in [0.25, 0.3) is 5.91 Å². The molecule has 1 saturated heterocycles. The molecule has 5 nitrogen and oxygen atoms in total. The first-order valence-corrected chi connectivity index (χ1v) is 11.0. The monoisotopic (exact) mass is 414 g/mol. The molecular weight excluding hydrogens is 384 g/mol. The van der Waals surface area contributed by atoms with Crippen LogP contribution in [0.3, 0.4) is 0 Å². The molecule has 1 aromatic heterocycles. The lowest BCUT2D eigenvalue weighted by atomic mass is 9.86. The Hall–Kier alpha value is -2.18. The molecule has 0 bridgehead atoms. The van der Waals surface area contributed by atoms with Crippen molar-refractivity contribution >= 4 is 23.2 Å². The maximum absolute atomic E-state index is 12.6. The fraction of sp³-hybridized carbons (Fsp3) is 0.478. The molecule has 3 rings (SSSR count). The lowest BCUT2D eigenvalue weighted by Crippen LogP contribution is -2.45.